The summed E-state index contributed by atoms with van der Waals surface area (Å²) in [5.74, 6) is 0.757. The van der Waals surface area contributed by atoms with E-state index in [9.17, 15) is 0 Å². The molecule has 1 aliphatic rings. The molecule has 1 heterocycles. The first-order valence-electron chi connectivity index (χ1n) is 6.00. The normalized spacial score (nSPS) is 14.6. The predicted octanol–water partition coefficient (Wildman–Crippen LogP) is 0.481. The Morgan fingerprint density at radius 3 is 2.95 bits per heavy atom. The summed E-state index contributed by atoms with van der Waals surface area (Å²) in [5, 5.41) is 18.6. The number of nitrogens with two attached hydrogens (primary N) is 2. The third-order valence-electron chi connectivity index (χ3n) is 2.78. The molecule has 1 fully saturated rings. The molecule has 104 valence electrons. The van der Waals surface area contributed by atoms with Gasteiger partial charge >= 0.3 is 0 Å². The second-order valence-electron chi connectivity index (χ2n) is 4.36. The Kier molecular flexibility index (Phi) is 5.88. The molecular formula is C11H18IN7. The molecule has 0 saturated heterocycles. The third-order valence-corrected chi connectivity index (χ3v) is 2.78. The summed E-state index contributed by atoms with van der Waals surface area (Å²) in [6, 6.07) is 2.56. The van der Waals surface area contributed by atoms with Crippen molar-refractivity contribution in [2.75, 3.05) is 12.3 Å². The molecule has 6 N–H and O–H groups in total. The van der Waals surface area contributed by atoms with E-state index in [0.717, 1.165) is 12.1 Å². The number of aromatic amines is 1. The highest BCUT2D eigenvalue weighted by Crippen LogP contribution is 2.18. The standard InChI is InChI=1S/C11H17N7.HI/c12-6-8-9(17-18-10(8)13)2-1-5-15-11(14)16-7-3-4-7;/h7H,1-5H2,(H3,13,17,18)(H3,14,15,16);1H. The van der Waals surface area contributed by atoms with E-state index in [0.29, 0.717) is 30.5 Å². The molecule has 0 atom stereocenters. The number of hydrogen-bond donors (Lipinski definition) is 4. The Morgan fingerprint density at radius 1 is 1.58 bits per heavy atom. The van der Waals surface area contributed by atoms with Crippen molar-refractivity contribution >= 4 is 35.8 Å². The van der Waals surface area contributed by atoms with Gasteiger partial charge in [-0.3, -0.25) is 10.1 Å². The number of rotatable bonds is 5. The molecule has 7 nitrogen and oxygen atoms in total. The lowest BCUT2D eigenvalue weighted by atomic mass is 10.1. The summed E-state index contributed by atoms with van der Waals surface area (Å²) in [7, 11) is 0. The molecule has 8 heteroatoms. The molecule has 0 aliphatic heterocycles. The van der Waals surface area contributed by atoms with E-state index in [2.05, 4.69) is 20.5 Å². The van der Waals surface area contributed by atoms with E-state index in [-0.39, 0.29) is 29.8 Å². The van der Waals surface area contributed by atoms with E-state index in [1.54, 1.807) is 0 Å². The molecule has 1 saturated carbocycles. The number of H-pyrrole nitrogens is 1. The Hall–Kier alpha value is -1.50. The van der Waals surface area contributed by atoms with Crippen molar-refractivity contribution in [1.29, 1.82) is 5.26 Å². The van der Waals surface area contributed by atoms with Crippen molar-refractivity contribution in [3.05, 3.63) is 11.3 Å². The minimum Gasteiger partial charge on any atom is -0.381 e. The van der Waals surface area contributed by atoms with Crippen LogP contribution in [0.1, 0.15) is 30.5 Å². The third kappa shape index (κ3) is 4.59. The summed E-state index contributed by atoms with van der Waals surface area (Å²) in [4.78, 5) is 4.22. The van der Waals surface area contributed by atoms with Crippen LogP contribution in [0.3, 0.4) is 0 Å². The van der Waals surface area contributed by atoms with Gasteiger partial charge in [0.05, 0.1) is 5.69 Å². The van der Waals surface area contributed by atoms with E-state index in [4.69, 9.17) is 16.7 Å². The minimum atomic E-state index is 0. The molecule has 0 bridgehead atoms. The van der Waals surface area contributed by atoms with Crippen LogP contribution in [0.4, 0.5) is 5.82 Å². The highest BCUT2D eigenvalue weighted by atomic mass is 127. The van der Waals surface area contributed by atoms with Crippen molar-refractivity contribution in [2.24, 2.45) is 10.7 Å². The lowest BCUT2D eigenvalue weighted by Gasteiger charge is -2.02. The largest absolute Gasteiger partial charge is 0.381 e. The van der Waals surface area contributed by atoms with Gasteiger partial charge in [0.2, 0.25) is 0 Å². The predicted molar refractivity (Wildman–Crippen MR) is 84.1 cm³/mol. The number of nitrogens with zero attached hydrogens (tertiary/aromatic N) is 3. The number of aromatic nitrogens is 2. The van der Waals surface area contributed by atoms with Crippen molar-refractivity contribution < 1.29 is 0 Å². The lowest BCUT2D eigenvalue weighted by molar-refractivity contribution is 0.790. The SMILES string of the molecule is I.N#Cc1c(N)n[nH]c1CCCN=C(N)NC1CC1. The molecular weight excluding hydrogens is 357 g/mol. The van der Waals surface area contributed by atoms with Crippen molar-refractivity contribution in [3.63, 3.8) is 0 Å². The first kappa shape index (κ1) is 15.6. The average molecular weight is 375 g/mol. The molecule has 0 aromatic carbocycles. The molecule has 1 aliphatic carbocycles. The Morgan fingerprint density at radius 2 is 2.32 bits per heavy atom. The van der Waals surface area contributed by atoms with Gasteiger partial charge in [-0.25, -0.2) is 0 Å². The fourth-order valence-electron chi connectivity index (χ4n) is 1.64. The number of nitrogen functional groups attached to an aromatic ring is 1. The molecule has 0 unspecified atom stereocenters. The van der Waals surface area contributed by atoms with Gasteiger partial charge in [0.15, 0.2) is 11.8 Å². The first-order chi connectivity index (χ1) is 8.70. The van der Waals surface area contributed by atoms with Crippen LogP contribution in [0.5, 0.6) is 0 Å². The summed E-state index contributed by atoms with van der Waals surface area (Å²) in [6.45, 7) is 0.620. The summed E-state index contributed by atoms with van der Waals surface area (Å²) < 4.78 is 0. The molecule has 1 aromatic rings. The highest BCUT2D eigenvalue weighted by molar-refractivity contribution is 14.0. The lowest BCUT2D eigenvalue weighted by Crippen LogP contribution is -2.33. The maximum Gasteiger partial charge on any atom is 0.188 e. The van der Waals surface area contributed by atoms with Crippen molar-refractivity contribution in [3.8, 4) is 6.07 Å². The topological polar surface area (TPSA) is 129 Å². The molecule has 0 radical (unpaired) electrons. The summed E-state index contributed by atoms with van der Waals surface area (Å²) >= 11 is 0. The number of halogens is 1. The van der Waals surface area contributed by atoms with E-state index >= 15 is 0 Å². The van der Waals surface area contributed by atoms with Crippen LogP contribution in [0.2, 0.25) is 0 Å². The zero-order chi connectivity index (χ0) is 13.0. The smallest absolute Gasteiger partial charge is 0.188 e. The van der Waals surface area contributed by atoms with Crippen LogP contribution in [0, 0.1) is 11.3 Å². The van der Waals surface area contributed by atoms with Crippen LogP contribution in [-0.2, 0) is 6.42 Å². The fourth-order valence-corrected chi connectivity index (χ4v) is 1.64. The number of nitrogens with one attached hydrogen (secondary N) is 2. The molecule has 2 rings (SSSR count). The fraction of sp³-hybridized carbons (Fsp3) is 0.545. The monoisotopic (exact) mass is 375 g/mol. The molecule has 19 heavy (non-hydrogen) atoms. The van der Waals surface area contributed by atoms with Gasteiger partial charge in [-0.1, -0.05) is 0 Å². The number of aryl methyl sites for hydroxylation is 1. The second-order valence-corrected chi connectivity index (χ2v) is 4.36. The van der Waals surface area contributed by atoms with Gasteiger partial charge in [0.1, 0.15) is 11.6 Å². The number of hydrogen-bond acceptors (Lipinski definition) is 4. The number of nitriles is 1. The highest BCUT2D eigenvalue weighted by Gasteiger charge is 2.21. The van der Waals surface area contributed by atoms with Crippen LogP contribution in [0.15, 0.2) is 4.99 Å². The Bertz CT molecular complexity index is 484. The Balaban J connectivity index is 0.00000180. The maximum absolute atomic E-state index is 8.89. The number of guanidine groups is 1. The van der Waals surface area contributed by atoms with Crippen molar-refractivity contribution in [2.45, 2.75) is 31.7 Å². The van der Waals surface area contributed by atoms with Crippen LogP contribution >= 0.6 is 24.0 Å². The number of aliphatic imine (C=N–C) groups is 1. The van der Waals surface area contributed by atoms with Gasteiger partial charge in [0, 0.05) is 12.6 Å². The van der Waals surface area contributed by atoms with Gasteiger partial charge in [-0.2, -0.15) is 10.4 Å². The molecule has 0 spiro atoms. The first-order valence-corrected chi connectivity index (χ1v) is 6.00. The number of anilines is 1. The van der Waals surface area contributed by atoms with E-state index < -0.39 is 0 Å². The maximum atomic E-state index is 8.89. The van der Waals surface area contributed by atoms with Gasteiger partial charge in [-0.05, 0) is 25.7 Å². The Labute approximate surface area is 128 Å². The zero-order valence-corrected chi connectivity index (χ0v) is 12.8. The van der Waals surface area contributed by atoms with Crippen LogP contribution in [-0.4, -0.2) is 28.7 Å². The minimum absolute atomic E-state index is 0. The summed E-state index contributed by atoms with van der Waals surface area (Å²) in [5.41, 5.74) is 12.4. The van der Waals surface area contributed by atoms with E-state index in [1.165, 1.54) is 12.8 Å². The quantitative estimate of drug-likeness (QED) is 0.258. The molecule has 0 amide bonds. The van der Waals surface area contributed by atoms with Crippen LogP contribution < -0.4 is 16.8 Å². The van der Waals surface area contributed by atoms with Crippen molar-refractivity contribution in [1.82, 2.24) is 15.5 Å². The van der Waals surface area contributed by atoms with Gasteiger partial charge < -0.3 is 16.8 Å². The van der Waals surface area contributed by atoms with Gasteiger partial charge in [0.25, 0.3) is 0 Å². The zero-order valence-electron chi connectivity index (χ0n) is 10.5. The van der Waals surface area contributed by atoms with Crippen LogP contribution in [0.25, 0.3) is 0 Å². The molecule has 1 aromatic heterocycles. The van der Waals surface area contributed by atoms with Gasteiger partial charge in [-0.15, -0.1) is 24.0 Å². The average Bonchev–Trinajstić information content (AvgIpc) is 3.08. The summed E-state index contributed by atoms with van der Waals surface area (Å²) in [6.07, 6.45) is 3.83. The second kappa shape index (κ2) is 7.18. The van der Waals surface area contributed by atoms with E-state index in [1.807, 2.05) is 6.07 Å².